The van der Waals surface area contributed by atoms with Gasteiger partial charge >= 0.3 is 0 Å². The summed E-state index contributed by atoms with van der Waals surface area (Å²) in [7, 11) is 1.57. The molecule has 0 spiro atoms. The molecule has 2 aromatic carbocycles. The second-order valence-corrected chi connectivity index (χ2v) is 6.63. The minimum absolute atomic E-state index is 0.255. The summed E-state index contributed by atoms with van der Waals surface area (Å²) in [5.41, 5.74) is 3.06. The van der Waals surface area contributed by atoms with Crippen molar-refractivity contribution in [3.05, 3.63) is 76.4 Å². The maximum atomic E-state index is 12.2. The number of aromatic nitrogens is 2. The first-order chi connectivity index (χ1) is 13.6. The fourth-order valence-corrected chi connectivity index (χ4v) is 2.80. The molecule has 144 valence electrons. The molecule has 0 aliphatic rings. The minimum Gasteiger partial charge on any atom is -0.495 e. The predicted molar refractivity (Wildman–Crippen MR) is 111 cm³/mol. The molecule has 0 aliphatic heterocycles. The Kier molecular flexibility index (Phi) is 6.45. The van der Waals surface area contributed by atoms with Crippen molar-refractivity contribution < 1.29 is 9.53 Å². The highest BCUT2D eigenvalue weighted by Gasteiger charge is 2.10. The topological polar surface area (TPSA) is 76.1 Å². The lowest BCUT2D eigenvalue weighted by molar-refractivity contribution is 0.0948. The molecule has 2 N–H and O–H groups in total. The Morgan fingerprint density at radius 2 is 1.89 bits per heavy atom. The highest BCUT2D eigenvalue weighted by atomic mass is 35.5. The summed E-state index contributed by atoms with van der Waals surface area (Å²) >= 11 is 6.12. The molecule has 0 saturated carbocycles. The van der Waals surface area contributed by atoms with E-state index in [2.05, 4.69) is 20.8 Å². The van der Waals surface area contributed by atoms with Crippen molar-refractivity contribution in [3.63, 3.8) is 0 Å². The van der Waals surface area contributed by atoms with E-state index in [1.165, 1.54) is 5.56 Å². The van der Waals surface area contributed by atoms with E-state index in [1.807, 2.05) is 43.3 Å². The first-order valence-corrected chi connectivity index (χ1v) is 9.21. The average molecular weight is 397 g/mol. The van der Waals surface area contributed by atoms with E-state index in [9.17, 15) is 4.79 Å². The van der Waals surface area contributed by atoms with Gasteiger partial charge in [-0.1, -0.05) is 41.9 Å². The summed E-state index contributed by atoms with van der Waals surface area (Å²) < 4.78 is 5.34. The number of hydrogen-bond donors (Lipinski definition) is 2. The van der Waals surface area contributed by atoms with E-state index in [0.717, 1.165) is 17.7 Å². The standard InChI is InChI=1S/C21H21ClN4O2/c1-14-12-18(19(28-2)13-16(14)22)24-20-9-8-17(25-26-20)21(27)23-11-10-15-6-4-3-5-7-15/h3-9,12-13H,10-11H2,1-2H3,(H,23,27)(H,24,26). The molecule has 0 atom stereocenters. The van der Waals surface area contributed by atoms with Gasteiger partial charge in [0.05, 0.1) is 12.8 Å². The summed E-state index contributed by atoms with van der Waals surface area (Å²) in [6.45, 7) is 2.44. The molecule has 1 aromatic heterocycles. The molecule has 0 bridgehead atoms. The van der Waals surface area contributed by atoms with Gasteiger partial charge in [0.2, 0.25) is 0 Å². The fraction of sp³-hybridized carbons (Fsp3) is 0.190. The number of halogens is 1. The number of carbonyl (C=O) groups excluding carboxylic acids is 1. The molecule has 1 amide bonds. The van der Waals surface area contributed by atoms with Crippen molar-refractivity contribution in [2.24, 2.45) is 0 Å². The average Bonchev–Trinajstić information content (AvgIpc) is 2.72. The largest absolute Gasteiger partial charge is 0.495 e. The second kappa shape index (κ2) is 9.19. The van der Waals surface area contributed by atoms with Crippen LogP contribution in [0.25, 0.3) is 0 Å². The van der Waals surface area contributed by atoms with Gasteiger partial charge in [0, 0.05) is 17.6 Å². The van der Waals surface area contributed by atoms with Crippen LogP contribution in [0.5, 0.6) is 5.75 Å². The molecule has 0 saturated heterocycles. The zero-order valence-electron chi connectivity index (χ0n) is 15.7. The summed E-state index contributed by atoms with van der Waals surface area (Å²) in [5, 5.41) is 14.7. The number of aryl methyl sites for hydroxylation is 1. The molecule has 3 aromatic rings. The molecular formula is C21H21ClN4O2. The molecule has 7 heteroatoms. The van der Waals surface area contributed by atoms with Gasteiger partial charge in [-0.2, -0.15) is 0 Å². The van der Waals surface area contributed by atoms with Gasteiger partial charge in [0.15, 0.2) is 11.5 Å². The highest BCUT2D eigenvalue weighted by molar-refractivity contribution is 6.31. The minimum atomic E-state index is -0.255. The molecule has 0 unspecified atom stereocenters. The number of methoxy groups -OCH3 is 1. The van der Waals surface area contributed by atoms with Crippen molar-refractivity contribution in [1.29, 1.82) is 0 Å². The van der Waals surface area contributed by atoms with E-state index in [-0.39, 0.29) is 11.6 Å². The van der Waals surface area contributed by atoms with E-state index in [1.54, 1.807) is 25.3 Å². The Labute approximate surface area is 168 Å². The van der Waals surface area contributed by atoms with Crippen molar-refractivity contribution in [1.82, 2.24) is 15.5 Å². The summed E-state index contributed by atoms with van der Waals surface area (Å²) in [5.74, 6) is 0.843. The van der Waals surface area contributed by atoms with E-state index in [4.69, 9.17) is 16.3 Å². The lowest BCUT2D eigenvalue weighted by Gasteiger charge is -2.12. The lowest BCUT2D eigenvalue weighted by atomic mass is 10.1. The highest BCUT2D eigenvalue weighted by Crippen LogP contribution is 2.32. The number of anilines is 2. The number of carbonyl (C=O) groups is 1. The van der Waals surface area contributed by atoms with Crippen molar-refractivity contribution in [2.75, 3.05) is 19.0 Å². The van der Waals surface area contributed by atoms with Crippen LogP contribution >= 0.6 is 11.6 Å². The van der Waals surface area contributed by atoms with E-state index >= 15 is 0 Å². The third-order valence-electron chi connectivity index (χ3n) is 4.18. The molecule has 0 fully saturated rings. The predicted octanol–water partition coefficient (Wildman–Crippen LogP) is 4.16. The Morgan fingerprint density at radius 1 is 1.11 bits per heavy atom. The SMILES string of the molecule is COc1cc(Cl)c(C)cc1Nc1ccc(C(=O)NCCc2ccccc2)nn1. The van der Waals surface area contributed by atoms with Crippen LogP contribution in [-0.4, -0.2) is 29.8 Å². The molecule has 3 rings (SSSR count). The second-order valence-electron chi connectivity index (χ2n) is 6.22. The number of benzene rings is 2. The van der Waals surface area contributed by atoms with Gasteiger partial charge in [-0.25, -0.2) is 0 Å². The van der Waals surface area contributed by atoms with E-state index in [0.29, 0.717) is 23.1 Å². The molecular weight excluding hydrogens is 376 g/mol. The summed E-state index contributed by atoms with van der Waals surface area (Å²) in [6, 6.07) is 16.9. The lowest BCUT2D eigenvalue weighted by Crippen LogP contribution is -2.26. The maximum absolute atomic E-state index is 12.2. The van der Waals surface area contributed by atoms with Crippen molar-refractivity contribution >= 4 is 29.0 Å². The number of nitrogens with one attached hydrogen (secondary N) is 2. The van der Waals surface area contributed by atoms with Crippen LogP contribution in [-0.2, 0) is 6.42 Å². The van der Waals surface area contributed by atoms with Crippen LogP contribution < -0.4 is 15.4 Å². The number of rotatable bonds is 7. The van der Waals surface area contributed by atoms with Gasteiger partial charge in [-0.15, -0.1) is 10.2 Å². The number of amides is 1. The third kappa shape index (κ3) is 4.98. The third-order valence-corrected chi connectivity index (χ3v) is 4.59. The van der Waals surface area contributed by atoms with Crippen LogP contribution in [0.1, 0.15) is 21.6 Å². The Morgan fingerprint density at radius 3 is 2.57 bits per heavy atom. The fourth-order valence-electron chi connectivity index (χ4n) is 2.64. The van der Waals surface area contributed by atoms with Crippen molar-refractivity contribution in [3.8, 4) is 5.75 Å². The summed E-state index contributed by atoms with van der Waals surface area (Å²) in [4.78, 5) is 12.2. The van der Waals surface area contributed by atoms with Gasteiger partial charge in [-0.3, -0.25) is 4.79 Å². The van der Waals surface area contributed by atoms with Crippen LogP contribution in [0.3, 0.4) is 0 Å². The number of hydrogen-bond acceptors (Lipinski definition) is 5. The van der Waals surface area contributed by atoms with Gasteiger partial charge < -0.3 is 15.4 Å². The number of ether oxygens (including phenoxy) is 1. The van der Waals surface area contributed by atoms with E-state index < -0.39 is 0 Å². The smallest absolute Gasteiger partial charge is 0.271 e. The van der Waals surface area contributed by atoms with Crippen LogP contribution in [0.15, 0.2) is 54.6 Å². The molecule has 28 heavy (non-hydrogen) atoms. The van der Waals surface area contributed by atoms with Gasteiger partial charge in [0.25, 0.3) is 5.91 Å². The Balaban J connectivity index is 1.60. The molecule has 1 heterocycles. The molecule has 6 nitrogen and oxygen atoms in total. The van der Waals surface area contributed by atoms with Gasteiger partial charge in [0.1, 0.15) is 5.75 Å². The van der Waals surface area contributed by atoms with Crippen molar-refractivity contribution in [2.45, 2.75) is 13.3 Å². The number of nitrogens with zero attached hydrogens (tertiary/aromatic N) is 2. The van der Waals surface area contributed by atoms with Crippen LogP contribution in [0.2, 0.25) is 5.02 Å². The first kappa shape index (κ1) is 19.6. The Hall–Kier alpha value is -3.12. The zero-order valence-corrected chi connectivity index (χ0v) is 16.5. The Bertz CT molecular complexity index is 947. The van der Waals surface area contributed by atoms with Crippen LogP contribution in [0, 0.1) is 6.92 Å². The first-order valence-electron chi connectivity index (χ1n) is 8.84. The summed E-state index contributed by atoms with van der Waals surface area (Å²) in [6.07, 6.45) is 0.759. The zero-order chi connectivity index (χ0) is 19.9. The quantitative estimate of drug-likeness (QED) is 0.627. The maximum Gasteiger partial charge on any atom is 0.271 e. The monoisotopic (exact) mass is 396 g/mol. The normalized spacial score (nSPS) is 10.4. The van der Waals surface area contributed by atoms with Crippen LogP contribution in [0.4, 0.5) is 11.5 Å². The molecule has 0 aliphatic carbocycles. The molecule has 0 radical (unpaired) electrons. The van der Waals surface area contributed by atoms with Gasteiger partial charge in [-0.05, 0) is 42.7 Å².